The number of anilines is 1. The van der Waals surface area contributed by atoms with Gasteiger partial charge in [-0.25, -0.2) is 12.7 Å². The lowest BCUT2D eigenvalue weighted by molar-refractivity contribution is -0.129. The van der Waals surface area contributed by atoms with Gasteiger partial charge in [0, 0.05) is 32.1 Å². The first kappa shape index (κ1) is 26.1. The molecule has 0 bridgehead atoms. The number of rotatable bonds is 8. The van der Waals surface area contributed by atoms with Crippen LogP contribution in [0.15, 0.2) is 34.7 Å². The number of nitrogens with one attached hydrogen (secondary N) is 1. The molecule has 0 spiro atoms. The summed E-state index contributed by atoms with van der Waals surface area (Å²) in [5.41, 5.74) is 1.35. The summed E-state index contributed by atoms with van der Waals surface area (Å²) in [4.78, 5) is 27.1. The zero-order valence-corrected chi connectivity index (χ0v) is 22.2. The molecule has 2 aliphatic rings. The Labute approximate surface area is 214 Å². The van der Waals surface area contributed by atoms with E-state index in [9.17, 15) is 18.0 Å². The van der Waals surface area contributed by atoms with Crippen LogP contribution in [0, 0.1) is 11.8 Å². The average Bonchev–Trinajstić information content (AvgIpc) is 3.30. The van der Waals surface area contributed by atoms with Crippen LogP contribution in [-0.2, 0) is 26.0 Å². The summed E-state index contributed by atoms with van der Waals surface area (Å²) in [6, 6.07) is 10.5. The van der Waals surface area contributed by atoms with E-state index in [2.05, 4.69) is 39.8 Å². The quantitative estimate of drug-likeness (QED) is 0.407. The van der Waals surface area contributed by atoms with Gasteiger partial charge in [0.25, 0.3) is 0 Å². The number of sulfonamides is 1. The largest absolute Gasteiger partial charge is 0.342 e. The second kappa shape index (κ2) is 11.8. The predicted molar refractivity (Wildman–Crippen MR) is 138 cm³/mol. The third-order valence-corrected chi connectivity index (χ3v) is 9.84. The molecule has 2 saturated heterocycles. The molecule has 1 aromatic heterocycles. The first-order valence-corrected chi connectivity index (χ1v) is 15.5. The normalized spacial score (nSPS) is 18.5. The minimum Gasteiger partial charge on any atom is -0.342 e. The fraction of sp³-hybridized carbons (Fsp3) is 0.565. The van der Waals surface area contributed by atoms with E-state index >= 15 is 0 Å². The second-order valence-electron chi connectivity index (χ2n) is 9.10. The number of piperidine rings is 2. The van der Waals surface area contributed by atoms with E-state index in [1.807, 2.05) is 11.0 Å². The molecule has 1 aromatic carbocycles. The molecule has 0 unspecified atom stereocenters. The van der Waals surface area contributed by atoms with Crippen LogP contribution < -0.4 is 5.32 Å². The molecule has 35 heavy (non-hydrogen) atoms. The van der Waals surface area contributed by atoms with Gasteiger partial charge in [0.2, 0.25) is 27.0 Å². The molecule has 1 N–H and O–H groups in total. The van der Waals surface area contributed by atoms with Crippen LogP contribution in [0.2, 0.25) is 0 Å². The Balaban J connectivity index is 1.17. The number of nitrogens with zero attached hydrogens (tertiary/aromatic N) is 4. The summed E-state index contributed by atoms with van der Waals surface area (Å²) < 4.78 is 25.3. The Bertz CT molecular complexity index is 1110. The molecule has 0 aliphatic carbocycles. The van der Waals surface area contributed by atoms with Gasteiger partial charge in [-0.1, -0.05) is 53.4 Å². The van der Waals surface area contributed by atoms with Crippen LogP contribution in [0.1, 0.15) is 31.2 Å². The highest BCUT2D eigenvalue weighted by molar-refractivity contribution is 8.01. The summed E-state index contributed by atoms with van der Waals surface area (Å²) in [6.07, 6.45) is 5.25. The molecular weight excluding hydrogens is 506 g/mol. The van der Waals surface area contributed by atoms with Crippen LogP contribution in [0.25, 0.3) is 0 Å². The lowest BCUT2D eigenvalue weighted by atomic mass is 9.90. The molecule has 190 valence electrons. The number of carbonyl (C=O) groups is 2. The molecule has 12 heteroatoms. The topological polar surface area (TPSA) is 113 Å². The average molecular weight is 538 g/mol. The number of carbonyl (C=O) groups excluding carboxylic acids is 2. The van der Waals surface area contributed by atoms with E-state index in [4.69, 9.17) is 0 Å². The summed E-state index contributed by atoms with van der Waals surface area (Å²) in [5, 5.41) is 11.3. The zero-order chi connectivity index (χ0) is 24.8. The maximum absolute atomic E-state index is 12.7. The van der Waals surface area contributed by atoms with E-state index in [1.165, 1.54) is 39.2 Å². The molecule has 2 aliphatic heterocycles. The monoisotopic (exact) mass is 537 g/mol. The zero-order valence-electron chi connectivity index (χ0n) is 19.8. The van der Waals surface area contributed by atoms with Crippen LogP contribution >= 0.6 is 23.1 Å². The Hall–Kier alpha value is -2.02. The van der Waals surface area contributed by atoms with Crippen LogP contribution in [0.5, 0.6) is 0 Å². The summed E-state index contributed by atoms with van der Waals surface area (Å²) >= 11 is 2.59. The lowest BCUT2D eigenvalue weighted by Crippen LogP contribution is -2.40. The molecule has 0 radical (unpaired) electrons. The SMILES string of the molecule is CS(=O)(=O)N1CCC(C(=O)Nc2nnc(SCC(=O)N3CCC(Cc4ccccc4)CC3)s2)CC1. The molecule has 3 heterocycles. The van der Waals surface area contributed by atoms with Gasteiger partial charge >= 0.3 is 0 Å². The van der Waals surface area contributed by atoms with Crippen molar-refractivity contribution in [2.45, 2.75) is 36.4 Å². The number of hydrogen-bond donors (Lipinski definition) is 1. The predicted octanol–water partition coefficient (Wildman–Crippen LogP) is 2.72. The van der Waals surface area contributed by atoms with Crippen molar-refractivity contribution in [1.29, 1.82) is 0 Å². The number of thioether (sulfide) groups is 1. The Morgan fingerprint density at radius 3 is 2.40 bits per heavy atom. The highest BCUT2D eigenvalue weighted by Crippen LogP contribution is 2.28. The van der Waals surface area contributed by atoms with Crippen molar-refractivity contribution in [3.63, 3.8) is 0 Å². The number of hydrogen-bond acceptors (Lipinski definition) is 8. The molecular formula is C23H31N5O4S3. The highest BCUT2D eigenvalue weighted by Gasteiger charge is 2.29. The van der Waals surface area contributed by atoms with Gasteiger partial charge in [0.1, 0.15) is 0 Å². The lowest BCUT2D eigenvalue weighted by Gasteiger charge is -2.32. The van der Waals surface area contributed by atoms with Crippen molar-refractivity contribution in [2.24, 2.45) is 11.8 Å². The highest BCUT2D eigenvalue weighted by atomic mass is 32.2. The maximum Gasteiger partial charge on any atom is 0.233 e. The molecule has 2 fully saturated rings. The third-order valence-electron chi connectivity index (χ3n) is 6.58. The Morgan fingerprint density at radius 1 is 1.06 bits per heavy atom. The Morgan fingerprint density at radius 2 is 1.74 bits per heavy atom. The third kappa shape index (κ3) is 7.48. The molecule has 2 aromatic rings. The van der Waals surface area contributed by atoms with Gasteiger partial charge in [0.15, 0.2) is 4.34 Å². The molecule has 4 rings (SSSR count). The summed E-state index contributed by atoms with van der Waals surface area (Å²) in [6.45, 7) is 2.26. The van der Waals surface area contributed by atoms with Crippen LogP contribution in [-0.4, -0.2) is 77.8 Å². The van der Waals surface area contributed by atoms with Gasteiger partial charge in [0.05, 0.1) is 12.0 Å². The van der Waals surface area contributed by atoms with Crippen molar-refractivity contribution in [1.82, 2.24) is 19.4 Å². The van der Waals surface area contributed by atoms with E-state index in [0.717, 1.165) is 32.4 Å². The minimum atomic E-state index is -3.22. The summed E-state index contributed by atoms with van der Waals surface area (Å²) in [5.74, 6) is 0.601. The molecule has 9 nitrogen and oxygen atoms in total. The standard InChI is InChI=1S/C23H31N5O4S3/c1-35(31,32)28-13-9-19(10-14-28)21(30)24-22-25-26-23(34-22)33-16-20(29)27-11-7-18(8-12-27)15-17-5-3-2-4-6-17/h2-6,18-19H,7-16H2,1H3,(H,24,25,30). The fourth-order valence-corrected chi connectivity index (χ4v) is 7.06. The van der Waals surface area contributed by atoms with Gasteiger partial charge in [-0.2, -0.15) is 0 Å². The van der Waals surface area contributed by atoms with Crippen molar-refractivity contribution >= 4 is 50.1 Å². The van der Waals surface area contributed by atoms with Gasteiger partial charge in [-0.3, -0.25) is 9.59 Å². The van der Waals surface area contributed by atoms with E-state index < -0.39 is 10.0 Å². The van der Waals surface area contributed by atoms with Gasteiger partial charge in [-0.05, 0) is 43.6 Å². The minimum absolute atomic E-state index is 0.103. The fourth-order valence-electron chi connectivity index (χ4n) is 4.52. The van der Waals surface area contributed by atoms with Gasteiger partial charge in [-0.15, -0.1) is 10.2 Å². The molecule has 0 atom stereocenters. The van der Waals surface area contributed by atoms with Crippen LogP contribution in [0.4, 0.5) is 5.13 Å². The van der Waals surface area contributed by atoms with Crippen molar-refractivity contribution < 1.29 is 18.0 Å². The van der Waals surface area contributed by atoms with E-state index in [1.54, 1.807) is 0 Å². The van der Waals surface area contributed by atoms with E-state index in [0.29, 0.717) is 47.1 Å². The molecule has 0 saturated carbocycles. The first-order valence-electron chi connectivity index (χ1n) is 11.8. The first-order chi connectivity index (χ1) is 16.8. The number of likely N-dealkylation sites (tertiary alicyclic amines) is 1. The Kier molecular flexibility index (Phi) is 8.79. The molecule has 2 amide bonds. The van der Waals surface area contributed by atoms with E-state index in [-0.39, 0.29) is 17.7 Å². The van der Waals surface area contributed by atoms with Crippen molar-refractivity contribution in [2.75, 3.05) is 43.5 Å². The van der Waals surface area contributed by atoms with Crippen LogP contribution in [0.3, 0.4) is 0 Å². The van der Waals surface area contributed by atoms with Crippen molar-refractivity contribution in [3.8, 4) is 0 Å². The van der Waals surface area contributed by atoms with Gasteiger partial charge < -0.3 is 10.2 Å². The summed E-state index contributed by atoms with van der Waals surface area (Å²) in [7, 11) is -3.22. The number of aromatic nitrogens is 2. The number of benzene rings is 1. The number of amides is 2. The van der Waals surface area contributed by atoms with Crippen molar-refractivity contribution in [3.05, 3.63) is 35.9 Å². The second-order valence-corrected chi connectivity index (χ2v) is 13.3. The maximum atomic E-state index is 12.7. The smallest absolute Gasteiger partial charge is 0.233 e.